The Labute approximate surface area is 173 Å². The molecule has 2 aromatic carbocycles. The van der Waals surface area contributed by atoms with Crippen molar-refractivity contribution >= 4 is 17.1 Å². The molecule has 4 nitrogen and oxygen atoms in total. The second-order valence-corrected chi connectivity index (χ2v) is 6.21. The highest BCUT2D eigenvalue weighted by molar-refractivity contribution is 5.86. The molecule has 2 aromatic rings. The van der Waals surface area contributed by atoms with Gasteiger partial charge in [-0.3, -0.25) is 0 Å². The zero-order chi connectivity index (χ0) is 21.1. The first kappa shape index (κ1) is 22.0. The van der Waals surface area contributed by atoms with Crippen LogP contribution in [0.5, 0.6) is 11.5 Å². The van der Waals surface area contributed by atoms with Crippen molar-refractivity contribution in [3.05, 3.63) is 84.0 Å². The summed E-state index contributed by atoms with van der Waals surface area (Å²) in [7, 11) is 3.30. The van der Waals surface area contributed by atoms with E-state index >= 15 is 0 Å². The Morgan fingerprint density at radius 2 is 1.41 bits per heavy atom. The van der Waals surface area contributed by atoms with E-state index in [4.69, 9.17) is 14.2 Å². The van der Waals surface area contributed by atoms with Gasteiger partial charge in [-0.25, -0.2) is 4.79 Å². The van der Waals surface area contributed by atoms with Crippen LogP contribution in [0.2, 0.25) is 0 Å². The van der Waals surface area contributed by atoms with Gasteiger partial charge in [0.2, 0.25) is 0 Å². The van der Waals surface area contributed by atoms with Gasteiger partial charge < -0.3 is 14.2 Å². The molecule has 0 aliphatic rings. The quantitative estimate of drug-likeness (QED) is 0.312. The third kappa shape index (κ3) is 6.68. The number of carbonyl (C=O) groups is 1. The zero-order valence-corrected chi connectivity index (χ0v) is 17.5. The Bertz CT molecular complexity index is 872. The number of ether oxygens (including phenoxy) is 3. The van der Waals surface area contributed by atoms with Crippen LogP contribution in [0.4, 0.5) is 0 Å². The van der Waals surface area contributed by atoms with Crippen LogP contribution in [-0.4, -0.2) is 26.8 Å². The van der Waals surface area contributed by atoms with Crippen molar-refractivity contribution in [3.63, 3.8) is 0 Å². The molecular weight excluding hydrogens is 364 g/mol. The fraction of sp³-hybridized carbons (Fsp3) is 0.240. The molecule has 4 heteroatoms. The van der Waals surface area contributed by atoms with Gasteiger partial charge in [-0.2, -0.15) is 0 Å². The average molecular weight is 392 g/mol. The molecule has 0 amide bonds. The minimum absolute atomic E-state index is 0.354. The maximum absolute atomic E-state index is 11.6. The summed E-state index contributed by atoms with van der Waals surface area (Å²) in [5.74, 6) is 1.27. The standard InChI is InChI=1S/C25H28O4/c1-5-19(20-10-14-23(27-3)15-11-20)18-22(8-7-9-25(26)29-6-2)21-12-16-24(28-4)17-13-21/h7-18H,5-6H2,1-4H3/b9-7+,19-18+,22-8+. The van der Waals surface area contributed by atoms with Gasteiger partial charge in [0.25, 0.3) is 0 Å². The molecule has 0 saturated heterocycles. The van der Waals surface area contributed by atoms with Crippen LogP contribution < -0.4 is 9.47 Å². The van der Waals surface area contributed by atoms with Gasteiger partial charge in [-0.15, -0.1) is 0 Å². The second-order valence-electron chi connectivity index (χ2n) is 6.21. The Morgan fingerprint density at radius 1 is 0.862 bits per heavy atom. The van der Waals surface area contributed by atoms with Gasteiger partial charge in [0.15, 0.2) is 0 Å². The van der Waals surface area contributed by atoms with Crippen LogP contribution in [0.15, 0.2) is 72.8 Å². The topological polar surface area (TPSA) is 44.8 Å². The van der Waals surface area contributed by atoms with E-state index in [0.717, 1.165) is 34.6 Å². The van der Waals surface area contributed by atoms with E-state index in [1.807, 2.05) is 54.6 Å². The molecule has 0 unspecified atom stereocenters. The first-order valence-corrected chi connectivity index (χ1v) is 9.65. The van der Waals surface area contributed by atoms with Gasteiger partial charge in [-0.05, 0) is 59.9 Å². The monoisotopic (exact) mass is 392 g/mol. The molecule has 29 heavy (non-hydrogen) atoms. The number of rotatable bonds is 9. The molecule has 0 fully saturated rings. The Balaban J connectivity index is 2.42. The fourth-order valence-electron chi connectivity index (χ4n) is 2.81. The number of benzene rings is 2. The second kappa shape index (κ2) is 11.5. The lowest BCUT2D eigenvalue weighted by molar-refractivity contribution is -0.137. The van der Waals surface area contributed by atoms with E-state index in [1.54, 1.807) is 27.2 Å². The summed E-state index contributed by atoms with van der Waals surface area (Å²) in [6, 6.07) is 15.9. The Morgan fingerprint density at radius 3 is 1.90 bits per heavy atom. The van der Waals surface area contributed by atoms with E-state index in [2.05, 4.69) is 13.0 Å². The van der Waals surface area contributed by atoms with Crippen molar-refractivity contribution in [2.75, 3.05) is 20.8 Å². The average Bonchev–Trinajstić information content (AvgIpc) is 2.76. The molecule has 0 aromatic heterocycles. The van der Waals surface area contributed by atoms with E-state index in [1.165, 1.54) is 11.6 Å². The molecule has 0 spiro atoms. The highest BCUT2D eigenvalue weighted by Gasteiger charge is 2.05. The normalized spacial score (nSPS) is 12.1. The third-order valence-electron chi connectivity index (χ3n) is 4.39. The molecule has 0 aliphatic heterocycles. The van der Waals surface area contributed by atoms with Crippen LogP contribution in [-0.2, 0) is 9.53 Å². The summed E-state index contributed by atoms with van der Waals surface area (Å²) in [4.78, 5) is 11.6. The largest absolute Gasteiger partial charge is 0.497 e. The lowest BCUT2D eigenvalue weighted by Gasteiger charge is -2.10. The van der Waals surface area contributed by atoms with Crippen LogP contribution in [0.1, 0.15) is 31.4 Å². The molecule has 0 radical (unpaired) electrons. The number of methoxy groups -OCH3 is 2. The van der Waals surface area contributed by atoms with Crippen LogP contribution in [0.3, 0.4) is 0 Å². The smallest absolute Gasteiger partial charge is 0.330 e. The Hall–Kier alpha value is -3.27. The molecule has 2 rings (SSSR count). The number of hydrogen-bond acceptors (Lipinski definition) is 4. The van der Waals surface area contributed by atoms with E-state index in [0.29, 0.717) is 6.61 Å². The molecule has 0 saturated carbocycles. The van der Waals surface area contributed by atoms with Gasteiger partial charge in [0.05, 0.1) is 20.8 Å². The first-order chi connectivity index (χ1) is 14.1. The summed E-state index contributed by atoms with van der Waals surface area (Å²) in [6.45, 7) is 4.27. The number of allylic oxidation sites excluding steroid dienone is 5. The minimum atomic E-state index is -0.354. The van der Waals surface area contributed by atoms with Gasteiger partial charge in [0, 0.05) is 6.08 Å². The van der Waals surface area contributed by atoms with Crippen molar-refractivity contribution in [1.82, 2.24) is 0 Å². The fourth-order valence-corrected chi connectivity index (χ4v) is 2.81. The summed E-state index contributed by atoms with van der Waals surface area (Å²) in [5, 5.41) is 0. The maximum atomic E-state index is 11.6. The van der Waals surface area contributed by atoms with E-state index in [9.17, 15) is 4.79 Å². The summed E-state index contributed by atoms with van der Waals surface area (Å²) in [5.41, 5.74) is 4.32. The SMILES string of the molecule is CCOC(=O)/C=C/C=C(\C=C(/CC)c1ccc(OC)cc1)c1ccc(OC)cc1. The predicted molar refractivity (Wildman–Crippen MR) is 118 cm³/mol. The van der Waals surface area contributed by atoms with Gasteiger partial charge >= 0.3 is 5.97 Å². The predicted octanol–water partition coefficient (Wildman–Crippen LogP) is 5.70. The summed E-state index contributed by atoms with van der Waals surface area (Å²) < 4.78 is 15.5. The lowest BCUT2D eigenvalue weighted by atomic mass is 9.96. The highest BCUT2D eigenvalue weighted by atomic mass is 16.5. The van der Waals surface area contributed by atoms with Crippen molar-refractivity contribution in [2.24, 2.45) is 0 Å². The first-order valence-electron chi connectivity index (χ1n) is 9.65. The molecule has 0 aliphatic carbocycles. The summed E-state index contributed by atoms with van der Waals surface area (Å²) >= 11 is 0. The van der Waals surface area contributed by atoms with Gasteiger partial charge in [0.1, 0.15) is 11.5 Å². The summed E-state index contributed by atoms with van der Waals surface area (Å²) in [6.07, 6.45) is 8.06. The Kier molecular flexibility index (Phi) is 8.77. The molecule has 152 valence electrons. The van der Waals surface area contributed by atoms with Crippen LogP contribution in [0, 0.1) is 0 Å². The third-order valence-corrected chi connectivity index (χ3v) is 4.39. The van der Waals surface area contributed by atoms with E-state index < -0.39 is 0 Å². The highest BCUT2D eigenvalue weighted by Crippen LogP contribution is 2.27. The lowest BCUT2D eigenvalue weighted by Crippen LogP contribution is -1.98. The maximum Gasteiger partial charge on any atom is 0.330 e. The van der Waals surface area contributed by atoms with Crippen molar-refractivity contribution in [2.45, 2.75) is 20.3 Å². The van der Waals surface area contributed by atoms with Crippen molar-refractivity contribution < 1.29 is 19.0 Å². The molecule has 0 atom stereocenters. The number of carbonyl (C=O) groups excluding carboxylic acids is 1. The van der Waals surface area contributed by atoms with E-state index in [-0.39, 0.29) is 5.97 Å². The number of hydrogen-bond donors (Lipinski definition) is 0. The van der Waals surface area contributed by atoms with Crippen molar-refractivity contribution in [3.8, 4) is 11.5 Å². The van der Waals surface area contributed by atoms with Gasteiger partial charge in [-0.1, -0.05) is 49.4 Å². The minimum Gasteiger partial charge on any atom is -0.497 e. The molecular formula is C25H28O4. The molecule has 0 heterocycles. The van der Waals surface area contributed by atoms with Crippen LogP contribution >= 0.6 is 0 Å². The number of esters is 1. The zero-order valence-electron chi connectivity index (χ0n) is 17.5. The molecule has 0 N–H and O–H groups in total. The molecule has 0 bridgehead atoms. The van der Waals surface area contributed by atoms with Crippen molar-refractivity contribution in [1.29, 1.82) is 0 Å². The van der Waals surface area contributed by atoms with Crippen LogP contribution in [0.25, 0.3) is 11.1 Å².